The average Bonchev–Trinajstić information content (AvgIpc) is 2.86. The van der Waals surface area contributed by atoms with Crippen molar-refractivity contribution in [3.05, 3.63) is 46.8 Å². The first-order valence-corrected chi connectivity index (χ1v) is 7.36. The number of amides is 1. The van der Waals surface area contributed by atoms with Gasteiger partial charge in [0.2, 0.25) is 0 Å². The summed E-state index contributed by atoms with van der Waals surface area (Å²) in [6.45, 7) is 6.05. The summed E-state index contributed by atoms with van der Waals surface area (Å²) in [6.07, 6.45) is -1.05. The van der Waals surface area contributed by atoms with Gasteiger partial charge in [0.05, 0.1) is 11.4 Å². The lowest BCUT2D eigenvalue weighted by Gasteiger charge is -2.14. The Balaban J connectivity index is 2.08. The number of para-hydroxylation sites is 1. The van der Waals surface area contributed by atoms with Gasteiger partial charge in [0.25, 0.3) is 5.91 Å². The number of hydrogen-bond donors (Lipinski definition) is 1. The van der Waals surface area contributed by atoms with Crippen molar-refractivity contribution in [2.75, 3.05) is 5.32 Å². The number of nitrogens with zero attached hydrogens (tertiary/aromatic N) is 1. The Bertz CT molecular complexity index is 775. The molecule has 0 aliphatic rings. The lowest BCUT2D eigenvalue weighted by atomic mass is 10.1. The monoisotopic (exact) mass is 330 g/mol. The fourth-order valence-corrected chi connectivity index (χ4v) is 2.18. The molecule has 1 aromatic heterocycles. The van der Waals surface area contributed by atoms with E-state index in [1.807, 2.05) is 0 Å². The summed E-state index contributed by atoms with van der Waals surface area (Å²) in [6, 6.07) is 6.62. The zero-order valence-corrected chi connectivity index (χ0v) is 13.9. The van der Waals surface area contributed by atoms with Crippen molar-refractivity contribution < 1.29 is 23.6 Å². The van der Waals surface area contributed by atoms with Crippen molar-refractivity contribution in [1.29, 1.82) is 0 Å². The van der Waals surface area contributed by atoms with E-state index < -0.39 is 18.0 Å². The summed E-state index contributed by atoms with van der Waals surface area (Å²) in [4.78, 5) is 35.9. The number of Topliss-reactive ketones (excluding diaryl/α,β-unsaturated/α-hetero) is 1. The SMILES string of the molecule is CC(=O)c1ccccc1NC(=O)C(C)OC(=O)c1c(C)noc1C. The Kier molecular flexibility index (Phi) is 5.13. The van der Waals surface area contributed by atoms with Gasteiger partial charge < -0.3 is 14.6 Å². The van der Waals surface area contributed by atoms with Crippen LogP contribution in [0.3, 0.4) is 0 Å². The van der Waals surface area contributed by atoms with Crippen molar-refractivity contribution in [2.24, 2.45) is 0 Å². The van der Waals surface area contributed by atoms with Crippen LogP contribution in [0.15, 0.2) is 28.8 Å². The fraction of sp³-hybridized carbons (Fsp3) is 0.294. The summed E-state index contributed by atoms with van der Waals surface area (Å²) in [5.74, 6) is -1.07. The topological polar surface area (TPSA) is 98.5 Å². The van der Waals surface area contributed by atoms with E-state index in [1.54, 1.807) is 38.1 Å². The van der Waals surface area contributed by atoms with Gasteiger partial charge in [-0.05, 0) is 39.8 Å². The summed E-state index contributed by atoms with van der Waals surface area (Å²) in [7, 11) is 0. The molecule has 7 nitrogen and oxygen atoms in total. The molecule has 0 bridgehead atoms. The van der Waals surface area contributed by atoms with Gasteiger partial charge in [-0.3, -0.25) is 9.59 Å². The number of carbonyl (C=O) groups is 3. The van der Waals surface area contributed by atoms with E-state index in [0.29, 0.717) is 22.7 Å². The second-order valence-corrected chi connectivity index (χ2v) is 5.34. The molecule has 0 spiro atoms. The molecule has 2 rings (SSSR count). The number of benzene rings is 1. The van der Waals surface area contributed by atoms with Gasteiger partial charge in [-0.25, -0.2) is 4.79 Å². The number of hydrogen-bond acceptors (Lipinski definition) is 6. The summed E-state index contributed by atoms with van der Waals surface area (Å²) in [5.41, 5.74) is 1.36. The largest absolute Gasteiger partial charge is 0.449 e. The maximum absolute atomic E-state index is 12.2. The first kappa shape index (κ1) is 17.4. The molecule has 0 aliphatic carbocycles. The highest BCUT2D eigenvalue weighted by Gasteiger charge is 2.24. The number of anilines is 1. The van der Waals surface area contributed by atoms with Crippen LogP contribution in [0.2, 0.25) is 0 Å². The number of nitrogens with one attached hydrogen (secondary N) is 1. The molecule has 0 radical (unpaired) electrons. The molecule has 0 saturated heterocycles. The molecular formula is C17H18N2O5. The molecule has 0 saturated carbocycles. The van der Waals surface area contributed by atoms with E-state index in [4.69, 9.17) is 9.26 Å². The molecule has 1 N–H and O–H groups in total. The van der Waals surface area contributed by atoms with Gasteiger partial charge in [-0.2, -0.15) is 0 Å². The zero-order chi connectivity index (χ0) is 17.9. The van der Waals surface area contributed by atoms with Gasteiger partial charge in [0.1, 0.15) is 11.3 Å². The van der Waals surface area contributed by atoms with Crippen LogP contribution in [0, 0.1) is 13.8 Å². The standard InChI is InChI=1S/C17H18N2O5/c1-9-15(11(3)24-19-9)17(22)23-12(4)16(21)18-14-8-6-5-7-13(14)10(2)20/h5-8,12H,1-4H3,(H,18,21). The Morgan fingerprint density at radius 1 is 1.21 bits per heavy atom. The van der Waals surface area contributed by atoms with Gasteiger partial charge >= 0.3 is 5.97 Å². The van der Waals surface area contributed by atoms with E-state index in [0.717, 1.165) is 0 Å². The molecule has 1 atom stereocenters. The highest BCUT2D eigenvalue weighted by Crippen LogP contribution is 2.17. The molecule has 0 fully saturated rings. The first-order chi connectivity index (χ1) is 11.3. The van der Waals surface area contributed by atoms with E-state index >= 15 is 0 Å². The van der Waals surface area contributed by atoms with Gasteiger partial charge in [-0.15, -0.1) is 0 Å². The number of ketones is 1. The van der Waals surface area contributed by atoms with Crippen molar-refractivity contribution >= 4 is 23.3 Å². The number of esters is 1. The minimum absolute atomic E-state index is 0.175. The second-order valence-electron chi connectivity index (χ2n) is 5.34. The average molecular weight is 330 g/mol. The Hall–Kier alpha value is -2.96. The quantitative estimate of drug-likeness (QED) is 0.668. The van der Waals surface area contributed by atoms with Gasteiger partial charge in [-0.1, -0.05) is 17.3 Å². The van der Waals surface area contributed by atoms with Gasteiger partial charge in [0.15, 0.2) is 11.9 Å². The number of carbonyl (C=O) groups excluding carboxylic acids is 3. The fourth-order valence-electron chi connectivity index (χ4n) is 2.18. The molecule has 1 heterocycles. The summed E-state index contributed by atoms with van der Waals surface area (Å²) >= 11 is 0. The van der Waals surface area contributed by atoms with Crippen LogP contribution < -0.4 is 5.32 Å². The minimum Gasteiger partial charge on any atom is -0.449 e. The number of aryl methyl sites for hydroxylation is 2. The number of ether oxygens (including phenoxy) is 1. The van der Waals surface area contributed by atoms with Crippen molar-refractivity contribution in [2.45, 2.75) is 33.8 Å². The predicted molar refractivity (Wildman–Crippen MR) is 85.9 cm³/mol. The Morgan fingerprint density at radius 2 is 1.88 bits per heavy atom. The molecule has 1 aromatic carbocycles. The van der Waals surface area contributed by atoms with Gasteiger partial charge in [0, 0.05) is 5.56 Å². The predicted octanol–water partition coefficient (Wildman–Crippen LogP) is 2.68. The van der Waals surface area contributed by atoms with E-state index in [-0.39, 0.29) is 11.3 Å². The smallest absolute Gasteiger partial charge is 0.344 e. The third kappa shape index (κ3) is 3.68. The highest BCUT2D eigenvalue weighted by atomic mass is 16.5. The highest BCUT2D eigenvalue weighted by molar-refractivity contribution is 6.05. The van der Waals surface area contributed by atoms with Crippen LogP contribution in [-0.2, 0) is 9.53 Å². The van der Waals surface area contributed by atoms with Crippen molar-refractivity contribution in [1.82, 2.24) is 5.16 Å². The van der Waals surface area contributed by atoms with Crippen LogP contribution in [-0.4, -0.2) is 28.9 Å². The first-order valence-electron chi connectivity index (χ1n) is 7.36. The van der Waals surface area contributed by atoms with Crippen molar-refractivity contribution in [3.63, 3.8) is 0 Å². The van der Waals surface area contributed by atoms with E-state index in [9.17, 15) is 14.4 Å². The third-order valence-corrected chi connectivity index (χ3v) is 3.45. The maximum Gasteiger partial charge on any atom is 0.344 e. The number of aromatic nitrogens is 1. The number of rotatable bonds is 5. The zero-order valence-electron chi connectivity index (χ0n) is 13.9. The van der Waals surface area contributed by atoms with E-state index in [2.05, 4.69) is 10.5 Å². The molecule has 0 aliphatic heterocycles. The lowest BCUT2D eigenvalue weighted by Crippen LogP contribution is -2.30. The minimum atomic E-state index is -1.05. The molecule has 126 valence electrons. The Labute approximate surface area is 139 Å². The third-order valence-electron chi connectivity index (χ3n) is 3.45. The molecule has 7 heteroatoms. The van der Waals surface area contributed by atoms with Crippen LogP contribution in [0.25, 0.3) is 0 Å². The lowest BCUT2D eigenvalue weighted by molar-refractivity contribution is -0.123. The van der Waals surface area contributed by atoms with Crippen LogP contribution >= 0.6 is 0 Å². The van der Waals surface area contributed by atoms with Crippen LogP contribution in [0.5, 0.6) is 0 Å². The molecule has 1 unspecified atom stereocenters. The molecular weight excluding hydrogens is 312 g/mol. The summed E-state index contributed by atoms with van der Waals surface area (Å²) < 4.78 is 10.1. The normalized spacial score (nSPS) is 11.7. The van der Waals surface area contributed by atoms with Crippen LogP contribution in [0.4, 0.5) is 5.69 Å². The molecule has 1 amide bonds. The maximum atomic E-state index is 12.2. The van der Waals surface area contributed by atoms with E-state index in [1.165, 1.54) is 13.8 Å². The second kappa shape index (κ2) is 7.08. The Morgan fingerprint density at radius 3 is 2.46 bits per heavy atom. The summed E-state index contributed by atoms with van der Waals surface area (Å²) in [5, 5.41) is 6.27. The molecule has 2 aromatic rings. The van der Waals surface area contributed by atoms with Crippen molar-refractivity contribution in [3.8, 4) is 0 Å². The molecule has 24 heavy (non-hydrogen) atoms. The van der Waals surface area contributed by atoms with Crippen LogP contribution in [0.1, 0.15) is 46.0 Å².